The Hall–Kier alpha value is -0.190. The van der Waals surface area contributed by atoms with Gasteiger partial charge in [-0.3, -0.25) is 4.79 Å². The molecule has 2 N–H and O–H groups in total. The minimum Gasteiger partial charge on any atom is -0.330 e. The number of ketones is 1. The van der Waals surface area contributed by atoms with Crippen LogP contribution in [0.3, 0.4) is 0 Å². The van der Waals surface area contributed by atoms with E-state index in [1.54, 1.807) is 11.3 Å². The maximum Gasteiger partial charge on any atom is 0.138 e. The zero-order valence-corrected chi connectivity index (χ0v) is 11.2. The normalized spacial score (nSPS) is 12.7. The summed E-state index contributed by atoms with van der Waals surface area (Å²) in [6.07, 6.45) is 2.11. The zero-order chi connectivity index (χ0) is 11.3. The molecule has 1 unspecified atom stereocenters. The summed E-state index contributed by atoms with van der Waals surface area (Å²) in [6.45, 7) is 2.74. The van der Waals surface area contributed by atoms with Crippen molar-refractivity contribution in [3.63, 3.8) is 0 Å². The molecule has 0 radical (unpaired) electrons. The Morgan fingerprint density at radius 3 is 2.87 bits per heavy atom. The Morgan fingerprint density at radius 1 is 1.60 bits per heavy atom. The second-order valence-corrected chi connectivity index (χ2v) is 6.35. The Balaban J connectivity index is 2.30. The summed E-state index contributed by atoms with van der Waals surface area (Å²) in [5, 5.41) is 0. The summed E-state index contributed by atoms with van der Waals surface area (Å²) in [6, 6.07) is 3.98. The van der Waals surface area contributed by atoms with E-state index in [4.69, 9.17) is 5.73 Å². The number of nitrogens with two attached hydrogens (primary N) is 1. The summed E-state index contributed by atoms with van der Waals surface area (Å²) in [7, 11) is 0. The Kier molecular flexibility index (Phi) is 5.50. The molecule has 0 bridgehead atoms. The minimum atomic E-state index is 0.310. The van der Waals surface area contributed by atoms with E-state index in [-0.39, 0.29) is 0 Å². The highest BCUT2D eigenvalue weighted by molar-refractivity contribution is 9.11. The van der Waals surface area contributed by atoms with Gasteiger partial charge in [0.1, 0.15) is 5.78 Å². The maximum atomic E-state index is 11.6. The fraction of sp³-hybridized carbons (Fsp3) is 0.545. The third-order valence-corrected chi connectivity index (χ3v) is 3.94. The molecule has 0 saturated heterocycles. The number of carbonyl (C=O) groups excluding carboxylic acids is 1. The molecule has 2 nitrogen and oxygen atoms in total. The van der Waals surface area contributed by atoms with Crippen LogP contribution in [0.4, 0.5) is 0 Å². The lowest BCUT2D eigenvalue weighted by atomic mass is 10.0. The van der Waals surface area contributed by atoms with Crippen molar-refractivity contribution >= 4 is 33.0 Å². The number of carbonyl (C=O) groups is 1. The second kappa shape index (κ2) is 6.40. The molecular formula is C11H16BrNOS. The van der Waals surface area contributed by atoms with Crippen LogP contribution in [0.1, 0.15) is 24.6 Å². The van der Waals surface area contributed by atoms with Crippen LogP contribution in [0.15, 0.2) is 15.9 Å². The zero-order valence-electron chi connectivity index (χ0n) is 8.83. The van der Waals surface area contributed by atoms with Crippen molar-refractivity contribution in [3.05, 3.63) is 20.8 Å². The van der Waals surface area contributed by atoms with Gasteiger partial charge in [0.05, 0.1) is 3.79 Å². The molecule has 84 valence electrons. The van der Waals surface area contributed by atoms with Gasteiger partial charge in [0.25, 0.3) is 0 Å². The first-order valence-corrected chi connectivity index (χ1v) is 6.68. The van der Waals surface area contributed by atoms with Crippen LogP contribution < -0.4 is 5.73 Å². The first-order valence-electron chi connectivity index (χ1n) is 5.07. The lowest BCUT2D eigenvalue weighted by Crippen LogP contribution is -2.12. The first kappa shape index (κ1) is 12.9. The van der Waals surface area contributed by atoms with Crippen molar-refractivity contribution in [3.8, 4) is 0 Å². The molecule has 0 fully saturated rings. The molecule has 0 aliphatic carbocycles. The van der Waals surface area contributed by atoms with Crippen LogP contribution in [0.25, 0.3) is 0 Å². The molecule has 0 spiro atoms. The van der Waals surface area contributed by atoms with E-state index in [1.165, 1.54) is 0 Å². The SMILES string of the molecule is CC(CN)CCC(=O)Cc1ccc(Br)s1. The highest BCUT2D eigenvalue weighted by Gasteiger charge is 2.08. The van der Waals surface area contributed by atoms with Crippen LogP contribution in [-0.2, 0) is 11.2 Å². The standard InChI is InChI=1S/C11H16BrNOS/c1-8(7-13)2-3-9(14)6-10-4-5-11(12)15-10/h4-5,8H,2-3,6-7,13H2,1H3. The van der Waals surface area contributed by atoms with Crippen LogP contribution in [0.2, 0.25) is 0 Å². The van der Waals surface area contributed by atoms with Crippen molar-refractivity contribution in [2.24, 2.45) is 11.7 Å². The minimum absolute atomic E-state index is 0.310. The van der Waals surface area contributed by atoms with E-state index >= 15 is 0 Å². The summed E-state index contributed by atoms with van der Waals surface area (Å²) in [4.78, 5) is 12.7. The molecule has 1 aromatic heterocycles. The summed E-state index contributed by atoms with van der Waals surface area (Å²) >= 11 is 5.01. The van der Waals surface area contributed by atoms with Gasteiger partial charge in [0.2, 0.25) is 0 Å². The van der Waals surface area contributed by atoms with Crippen LogP contribution in [0.5, 0.6) is 0 Å². The topological polar surface area (TPSA) is 43.1 Å². The highest BCUT2D eigenvalue weighted by atomic mass is 79.9. The Bertz CT molecular complexity index is 324. The quantitative estimate of drug-likeness (QED) is 0.875. The molecule has 1 aromatic rings. The van der Waals surface area contributed by atoms with Gasteiger partial charge in [-0.1, -0.05) is 6.92 Å². The number of hydrogen-bond acceptors (Lipinski definition) is 3. The van der Waals surface area contributed by atoms with Gasteiger partial charge in [0, 0.05) is 17.7 Å². The molecule has 15 heavy (non-hydrogen) atoms. The van der Waals surface area contributed by atoms with Crippen molar-refractivity contribution in [2.75, 3.05) is 6.54 Å². The van der Waals surface area contributed by atoms with Gasteiger partial charge in [-0.2, -0.15) is 0 Å². The molecule has 1 heterocycles. The first-order chi connectivity index (χ1) is 7.11. The third kappa shape index (κ3) is 4.91. The molecule has 0 aliphatic heterocycles. The molecule has 4 heteroatoms. The van der Waals surface area contributed by atoms with Crippen molar-refractivity contribution in [1.29, 1.82) is 0 Å². The maximum absolute atomic E-state index is 11.6. The summed E-state index contributed by atoms with van der Waals surface area (Å²) < 4.78 is 1.08. The predicted molar refractivity (Wildman–Crippen MR) is 68.2 cm³/mol. The van der Waals surface area contributed by atoms with Gasteiger partial charge in [0.15, 0.2) is 0 Å². The lowest BCUT2D eigenvalue weighted by Gasteiger charge is -2.06. The molecule has 0 aliphatic rings. The summed E-state index contributed by atoms with van der Waals surface area (Å²) in [5.41, 5.74) is 5.50. The van der Waals surface area contributed by atoms with E-state index in [0.29, 0.717) is 31.1 Å². The number of hydrogen-bond donors (Lipinski definition) is 1. The molecular weight excluding hydrogens is 274 g/mol. The summed E-state index contributed by atoms with van der Waals surface area (Å²) in [5.74, 6) is 0.758. The average Bonchev–Trinajstić information content (AvgIpc) is 2.60. The molecule has 0 aromatic carbocycles. The van der Waals surface area contributed by atoms with E-state index in [2.05, 4.69) is 22.9 Å². The van der Waals surface area contributed by atoms with E-state index in [1.807, 2.05) is 12.1 Å². The number of thiophene rings is 1. The van der Waals surface area contributed by atoms with Gasteiger partial charge in [-0.15, -0.1) is 11.3 Å². The monoisotopic (exact) mass is 289 g/mol. The van der Waals surface area contributed by atoms with Crippen molar-refractivity contribution < 1.29 is 4.79 Å². The van der Waals surface area contributed by atoms with Crippen LogP contribution in [-0.4, -0.2) is 12.3 Å². The Morgan fingerprint density at radius 2 is 2.33 bits per heavy atom. The van der Waals surface area contributed by atoms with Crippen molar-refractivity contribution in [1.82, 2.24) is 0 Å². The fourth-order valence-corrected chi connectivity index (χ4v) is 2.77. The average molecular weight is 290 g/mol. The fourth-order valence-electron chi connectivity index (χ4n) is 1.25. The predicted octanol–water partition coefficient (Wildman–Crippen LogP) is 3.00. The van der Waals surface area contributed by atoms with Gasteiger partial charge in [-0.25, -0.2) is 0 Å². The van der Waals surface area contributed by atoms with Gasteiger partial charge in [-0.05, 0) is 46.9 Å². The van der Waals surface area contributed by atoms with E-state index in [9.17, 15) is 4.79 Å². The molecule has 0 amide bonds. The molecule has 1 rings (SSSR count). The highest BCUT2D eigenvalue weighted by Crippen LogP contribution is 2.23. The second-order valence-electron chi connectivity index (χ2n) is 3.80. The number of Topliss-reactive ketones (excluding diaryl/α,β-unsaturated/α-hetero) is 1. The van der Waals surface area contributed by atoms with Crippen LogP contribution in [0, 0.1) is 5.92 Å². The molecule has 1 atom stereocenters. The van der Waals surface area contributed by atoms with Gasteiger partial charge >= 0.3 is 0 Å². The van der Waals surface area contributed by atoms with E-state index < -0.39 is 0 Å². The molecule has 0 saturated carbocycles. The smallest absolute Gasteiger partial charge is 0.138 e. The van der Waals surface area contributed by atoms with Crippen LogP contribution >= 0.6 is 27.3 Å². The lowest BCUT2D eigenvalue weighted by molar-refractivity contribution is -0.118. The van der Waals surface area contributed by atoms with Gasteiger partial charge < -0.3 is 5.73 Å². The Labute approximate surface area is 103 Å². The van der Waals surface area contributed by atoms with Crippen molar-refractivity contribution in [2.45, 2.75) is 26.2 Å². The number of rotatable bonds is 6. The van der Waals surface area contributed by atoms with E-state index in [0.717, 1.165) is 15.1 Å². The number of halogens is 1. The largest absolute Gasteiger partial charge is 0.330 e. The third-order valence-electron chi connectivity index (χ3n) is 2.32.